The van der Waals surface area contributed by atoms with Gasteiger partial charge in [0.2, 0.25) is 0 Å². The fourth-order valence-electron chi connectivity index (χ4n) is 2.38. The molecule has 19 heavy (non-hydrogen) atoms. The van der Waals surface area contributed by atoms with Gasteiger partial charge in [0.25, 0.3) is 5.69 Å². The number of likely N-dealkylation sites (tertiary alicyclic amines) is 1. The summed E-state index contributed by atoms with van der Waals surface area (Å²) in [5.41, 5.74) is 1.03. The number of nitrogens with one attached hydrogen (secondary N) is 1. The summed E-state index contributed by atoms with van der Waals surface area (Å²) in [6.45, 7) is 3.29. The maximum Gasteiger partial charge on any atom is 0.270 e. The van der Waals surface area contributed by atoms with Crippen molar-refractivity contribution in [3.05, 3.63) is 32.8 Å². The van der Waals surface area contributed by atoms with Crippen molar-refractivity contribution in [2.24, 2.45) is 0 Å². The molecule has 1 aromatic rings. The van der Waals surface area contributed by atoms with Crippen molar-refractivity contribution in [2.45, 2.75) is 31.8 Å². The zero-order chi connectivity index (χ0) is 14.0. The summed E-state index contributed by atoms with van der Waals surface area (Å²) in [6, 6.07) is 5.82. The number of benzene rings is 1. The molecule has 2 unspecified atom stereocenters. The summed E-state index contributed by atoms with van der Waals surface area (Å²) in [6.07, 6.45) is 2.17. The van der Waals surface area contributed by atoms with E-state index >= 15 is 0 Å². The number of piperidine rings is 1. The van der Waals surface area contributed by atoms with Crippen molar-refractivity contribution >= 4 is 27.3 Å². The highest BCUT2D eigenvalue weighted by Crippen LogP contribution is 2.29. The topological polar surface area (TPSA) is 58.4 Å². The van der Waals surface area contributed by atoms with Crippen molar-refractivity contribution in [3.8, 4) is 0 Å². The Morgan fingerprint density at radius 2 is 2.26 bits per heavy atom. The van der Waals surface area contributed by atoms with E-state index < -0.39 is 0 Å². The molecule has 104 valence electrons. The quantitative estimate of drug-likeness (QED) is 0.683. The summed E-state index contributed by atoms with van der Waals surface area (Å²) in [5, 5.41) is 14.2. The Bertz CT molecular complexity index is 481. The molecular weight excluding hydrogens is 310 g/mol. The molecule has 1 aliphatic heterocycles. The highest BCUT2D eigenvalue weighted by Gasteiger charge is 2.23. The second-order valence-corrected chi connectivity index (χ2v) is 5.97. The van der Waals surface area contributed by atoms with E-state index in [-0.39, 0.29) is 10.6 Å². The number of non-ortho nitro benzene ring substituents is 1. The van der Waals surface area contributed by atoms with Gasteiger partial charge in [-0.1, -0.05) is 0 Å². The van der Waals surface area contributed by atoms with Gasteiger partial charge in [0.05, 0.1) is 4.92 Å². The zero-order valence-electron chi connectivity index (χ0n) is 11.1. The van der Waals surface area contributed by atoms with Crippen molar-refractivity contribution in [2.75, 3.05) is 18.9 Å². The van der Waals surface area contributed by atoms with Crippen LogP contribution < -0.4 is 5.32 Å². The minimum Gasteiger partial charge on any atom is -0.381 e. The number of rotatable bonds is 3. The molecule has 0 bridgehead atoms. The molecule has 0 saturated carbocycles. The first-order valence-electron chi connectivity index (χ1n) is 6.38. The summed E-state index contributed by atoms with van der Waals surface area (Å²) in [4.78, 5) is 12.7. The minimum absolute atomic E-state index is 0.106. The van der Waals surface area contributed by atoms with E-state index in [1.807, 2.05) is 0 Å². The number of anilines is 1. The van der Waals surface area contributed by atoms with Crippen LogP contribution in [0, 0.1) is 10.1 Å². The molecule has 0 aliphatic carbocycles. The fraction of sp³-hybridized carbons (Fsp3) is 0.538. The molecule has 1 aromatic carbocycles. The van der Waals surface area contributed by atoms with Gasteiger partial charge >= 0.3 is 0 Å². The number of nitro benzene ring substituents is 1. The molecule has 0 radical (unpaired) electrons. The monoisotopic (exact) mass is 327 g/mol. The fourth-order valence-corrected chi connectivity index (χ4v) is 2.86. The van der Waals surface area contributed by atoms with Crippen molar-refractivity contribution < 1.29 is 4.92 Å². The van der Waals surface area contributed by atoms with Crippen LogP contribution in [0.2, 0.25) is 0 Å². The summed E-state index contributed by atoms with van der Waals surface area (Å²) in [7, 11) is 2.14. The van der Waals surface area contributed by atoms with Gasteiger partial charge in [0.1, 0.15) is 0 Å². The molecule has 1 saturated heterocycles. The standard InChI is InChI=1S/C13H18BrN3O2/c1-9-7-10(5-6-16(9)2)15-13-4-3-11(17(18)19)8-12(13)14/h3-4,8-10,15H,5-7H2,1-2H3. The number of halogens is 1. The Morgan fingerprint density at radius 1 is 1.53 bits per heavy atom. The second kappa shape index (κ2) is 5.88. The smallest absolute Gasteiger partial charge is 0.270 e. The molecule has 2 rings (SSSR count). The predicted octanol–water partition coefficient (Wildman–Crippen LogP) is 3.25. The van der Waals surface area contributed by atoms with E-state index in [2.05, 4.69) is 40.1 Å². The summed E-state index contributed by atoms with van der Waals surface area (Å²) in [5.74, 6) is 0. The molecule has 0 aromatic heterocycles. The lowest BCUT2D eigenvalue weighted by molar-refractivity contribution is -0.384. The molecule has 6 heteroatoms. The Morgan fingerprint density at radius 3 is 2.84 bits per heavy atom. The normalized spacial score (nSPS) is 24.2. The van der Waals surface area contributed by atoms with Crippen LogP contribution in [0.1, 0.15) is 19.8 Å². The van der Waals surface area contributed by atoms with E-state index in [9.17, 15) is 10.1 Å². The summed E-state index contributed by atoms with van der Waals surface area (Å²) >= 11 is 3.39. The molecule has 5 nitrogen and oxygen atoms in total. The third-order valence-electron chi connectivity index (χ3n) is 3.73. The molecule has 1 fully saturated rings. The molecule has 1 N–H and O–H groups in total. The summed E-state index contributed by atoms with van der Waals surface area (Å²) < 4.78 is 0.744. The molecule has 0 spiro atoms. The van der Waals surface area contributed by atoms with Crippen LogP contribution in [0.3, 0.4) is 0 Å². The van der Waals surface area contributed by atoms with E-state index in [0.717, 1.165) is 29.5 Å². The number of hydrogen-bond donors (Lipinski definition) is 1. The van der Waals surface area contributed by atoms with Gasteiger partial charge in [-0.2, -0.15) is 0 Å². The lowest BCUT2D eigenvalue weighted by Gasteiger charge is -2.35. The van der Waals surface area contributed by atoms with Crippen molar-refractivity contribution in [1.29, 1.82) is 0 Å². The Balaban J connectivity index is 2.05. The second-order valence-electron chi connectivity index (χ2n) is 5.12. The number of nitro groups is 1. The van der Waals surface area contributed by atoms with Crippen LogP contribution in [-0.2, 0) is 0 Å². The van der Waals surface area contributed by atoms with Crippen LogP contribution >= 0.6 is 15.9 Å². The number of nitrogens with zero attached hydrogens (tertiary/aromatic N) is 2. The van der Waals surface area contributed by atoms with Gasteiger partial charge in [-0.3, -0.25) is 10.1 Å². The largest absolute Gasteiger partial charge is 0.381 e. The maximum absolute atomic E-state index is 10.7. The number of hydrogen-bond acceptors (Lipinski definition) is 4. The average Bonchev–Trinajstić information content (AvgIpc) is 2.36. The lowest BCUT2D eigenvalue weighted by atomic mass is 9.98. The third kappa shape index (κ3) is 3.45. The SMILES string of the molecule is CC1CC(Nc2ccc([N+](=O)[O-])cc2Br)CCN1C. The Labute approximate surface area is 121 Å². The lowest BCUT2D eigenvalue weighted by Crippen LogP contribution is -2.42. The molecule has 0 amide bonds. The molecular formula is C13H18BrN3O2. The average molecular weight is 328 g/mol. The van der Waals surface area contributed by atoms with Gasteiger partial charge < -0.3 is 10.2 Å². The molecule has 1 aliphatic rings. The van der Waals surface area contributed by atoms with E-state index in [1.54, 1.807) is 12.1 Å². The predicted molar refractivity (Wildman–Crippen MR) is 79.5 cm³/mol. The van der Waals surface area contributed by atoms with Crippen LogP contribution in [0.4, 0.5) is 11.4 Å². The van der Waals surface area contributed by atoms with Gasteiger partial charge in [-0.05, 0) is 48.8 Å². The Kier molecular flexibility index (Phi) is 4.42. The Hall–Kier alpha value is -1.14. The highest BCUT2D eigenvalue weighted by molar-refractivity contribution is 9.10. The van der Waals surface area contributed by atoms with Gasteiger partial charge in [0, 0.05) is 40.9 Å². The van der Waals surface area contributed by atoms with Crippen LogP contribution in [0.5, 0.6) is 0 Å². The maximum atomic E-state index is 10.7. The van der Waals surface area contributed by atoms with E-state index in [0.29, 0.717) is 12.1 Å². The van der Waals surface area contributed by atoms with E-state index in [1.165, 1.54) is 6.07 Å². The third-order valence-corrected chi connectivity index (χ3v) is 4.39. The first-order chi connectivity index (χ1) is 8.97. The van der Waals surface area contributed by atoms with Gasteiger partial charge in [-0.15, -0.1) is 0 Å². The van der Waals surface area contributed by atoms with Crippen molar-refractivity contribution in [3.63, 3.8) is 0 Å². The first-order valence-corrected chi connectivity index (χ1v) is 7.17. The first kappa shape index (κ1) is 14.3. The van der Waals surface area contributed by atoms with Gasteiger partial charge in [-0.25, -0.2) is 0 Å². The minimum atomic E-state index is -0.383. The van der Waals surface area contributed by atoms with E-state index in [4.69, 9.17) is 0 Å². The van der Waals surface area contributed by atoms with Crippen molar-refractivity contribution in [1.82, 2.24) is 4.90 Å². The van der Waals surface area contributed by atoms with Crippen LogP contribution in [0.15, 0.2) is 22.7 Å². The molecule has 1 heterocycles. The molecule has 2 atom stereocenters. The van der Waals surface area contributed by atoms with Crippen LogP contribution in [-0.4, -0.2) is 35.5 Å². The highest BCUT2D eigenvalue weighted by atomic mass is 79.9. The zero-order valence-corrected chi connectivity index (χ0v) is 12.7. The van der Waals surface area contributed by atoms with Gasteiger partial charge in [0.15, 0.2) is 0 Å². The van der Waals surface area contributed by atoms with Crippen LogP contribution in [0.25, 0.3) is 0 Å².